The van der Waals surface area contributed by atoms with Crippen molar-refractivity contribution in [2.75, 3.05) is 26.3 Å². The van der Waals surface area contributed by atoms with Crippen LogP contribution in [0.2, 0.25) is 0 Å². The highest BCUT2D eigenvalue weighted by Crippen LogP contribution is 2.34. The summed E-state index contributed by atoms with van der Waals surface area (Å²) in [5.74, 6) is 1.13. The van der Waals surface area contributed by atoms with Crippen molar-refractivity contribution in [2.24, 2.45) is 5.92 Å². The predicted octanol–water partition coefficient (Wildman–Crippen LogP) is 2.72. The lowest BCUT2D eigenvalue weighted by molar-refractivity contribution is 0.00657. The minimum atomic E-state index is -0.545. The fourth-order valence-corrected chi connectivity index (χ4v) is 4.96. The van der Waals surface area contributed by atoms with Gasteiger partial charge in [-0.2, -0.15) is 0 Å². The number of H-pyrrole nitrogens is 1. The van der Waals surface area contributed by atoms with Gasteiger partial charge in [0, 0.05) is 18.0 Å². The SMILES string of the molecule is CCCN(Cc1nc2sc3c(c2c(=O)[nH]1)CCC3)C[C@@H](O)COCC(C)C. The molecule has 1 aliphatic rings. The van der Waals surface area contributed by atoms with E-state index >= 15 is 0 Å². The summed E-state index contributed by atoms with van der Waals surface area (Å²) in [5, 5.41) is 11.1. The molecule has 0 saturated carbocycles. The zero-order valence-electron chi connectivity index (χ0n) is 16.6. The largest absolute Gasteiger partial charge is 0.389 e. The van der Waals surface area contributed by atoms with E-state index in [0.29, 0.717) is 38.0 Å². The summed E-state index contributed by atoms with van der Waals surface area (Å²) in [6.07, 6.45) is 3.62. The first-order chi connectivity index (χ1) is 13.0. The average molecular weight is 394 g/mol. The van der Waals surface area contributed by atoms with Gasteiger partial charge in [0.05, 0.1) is 24.6 Å². The number of aryl methyl sites for hydroxylation is 2. The Hall–Kier alpha value is -1.28. The van der Waals surface area contributed by atoms with Gasteiger partial charge in [0.2, 0.25) is 0 Å². The molecule has 2 aromatic heterocycles. The van der Waals surface area contributed by atoms with E-state index in [1.54, 1.807) is 11.3 Å². The minimum Gasteiger partial charge on any atom is -0.389 e. The summed E-state index contributed by atoms with van der Waals surface area (Å²) in [7, 11) is 0. The zero-order valence-corrected chi connectivity index (χ0v) is 17.4. The lowest BCUT2D eigenvalue weighted by atomic mass is 10.2. The van der Waals surface area contributed by atoms with Gasteiger partial charge < -0.3 is 14.8 Å². The average Bonchev–Trinajstić information content (AvgIpc) is 3.14. The monoisotopic (exact) mass is 393 g/mol. The second kappa shape index (κ2) is 9.28. The number of aliphatic hydroxyl groups excluding tert-OH is 1. The molecule has 27 heavy (non-hydrogen) atoms. The van der Waals surface area contributed by atoms with E-state index in [1.165, 1.54) is 10.4 Å². The Balaban J connectivity index is 1.68. The van der Waals surface area contributed by atoms with Crippen LogP contribution in [0.5, 0.6) is 0 Å². The molecule has 2 heterocycles. The Morgan fingerprint density at radius 2 is 2.15 bits per heavy atom. The first-order valence-electron chi connectivity index (χ1n) is 9.99. The zero-order chi connectivity index (χ0) is 19.4. The molecule has 6 nitrogen and oxygen atoms in total. The van der Waals surface area contributed by atoms with Crippen LogP contribution in [0.15, 0.2) is 4.79 Å². The van der Waals surface area contributed by atoms with Crippen molar-refractivity contribution in [3.05, 3.63) is 26.6 Å². The second-order valence-corrected chi connectivity index (χ2v) is 8.95. The lowest BCUT2D eigenvalue weighted by Gasteiger charge is -2.24. The summed E-state index contributed by atoms with van der Waals surface area (Å²) in [6, 6.07) is 0. The van der Waals surface area contributed by atoms with E-state index in [2.05, 4.69) is 30.7 Å². The minimum absolute atomic E-state index is 0.0216. The van der Waals surface area contributed by atoms with Gasteiger partial charge in [-0.15, -0.1) is 11.3 Å². The molecule has 2 N–H and O–H groups in total. The first kappa shape index (κ1) is 20.5. The van der Waals surface area contributed by atoms with Gasteiger partial charge in [-0.25, -0.2) is 4.98 Å². The molecule has 0 spiro atoms. The van der Waals surface area contributed by atoms with Gasteiger partial charge in [0.15, 0.2) is 0 Å². The van der Waals surface area contributed by atoms with Crippen LogP contribution in [0.1, 0.15) is 49.9 Å². The maximum atomic E-state index is 12.6. The second-order valence-electron chi connectivity index (χ2n) is 7.87. The Kier molecular flexibility index (Phi) is 7.03. The molecule has 0 bridgehead atoms. The van der Waals surface area contributed by atoms with Crippen LogP contribution in [0, 0.1) is 5.92 Å². The normalized spacial score (nSPS) is 15.2. The van der Waals surface area contributed by atoms with Gasteiger partial charge in [0.25, 0.3) is 5.56 Å². The number of aromatic amines is 1. The van der Waals surface area contributed by atoms with E-state index in [0.717, 1.165) is 42.4 Å². The molecule has 0 aliphatic heterocycles. The Labute approximate surface area is 164 Å². The third-order valence-electron chi connectivity index (χ3n) is 4.77. The topological polar surface area (TPSA) is 78.5 Å². The van der Waals surface area contributed by atoms with Crippen LogP contribution < -0.4 is 5.56 Å². The molecule has 1 atom stereocenters. The van der Waals surface area contributed by atoms with E-state index in [9.17, 15) is 9.90 Å². The molecule has 0 unspecified atom stereocenters. The molecule has 3 rings (SSSR count). The number of aromatic nitrogens is 2. The maximum absolute atomic E-state index is 12.6. The summed E-state index contributed by atoms with van der Waals surface area (Å²) in [6.45, 7) is 9.15. The van der Waals surface area contributed by atoms with Crippen molar-refractivity contribution in [3.63, 3.8) is 0 Å². The van der Waals surface area contributed by atoms with Gasteiger partial charge in [-0.1, -0.05) is 20.8 Å². The molecule has 1 aliphatic carbocycles. The molecular formula is C20H31N3O3S. The third kappa shape index (κ3) is 5.16. The van der Waals surface area contributed by atoms with Crippen LogP contribution in [0.4, 0.5) is 0 Å². The molecular weight excluding hydrogens is 362 g/mol. The number of hydrogen-bond donors (Lipinski definition) is 2. The van der Waals surface area contributed by atoms with Crippen LogP contribution in [-0.2, 0) is 24.1 Å². The van der Waals surface area contributed by atoms with E-state index in [1.807, 2.05) is 0 Å². The number of nitrogens with zero attached hydrogens (tertiary/aromatic N) is 2. The fourth-order valence-electron chi connectivity index (χ4n) is 3.68. The first-order valence-corrected chi connectivity index (χ1v) is 10.8. The van der Waals surface area contributed by atoms with E-state index in [-0.39, 0.29) is 5.56 Å². The van der Waals surface area contributed by atoms with Crippen molar-refractivity contribution < 1.29 is 9.84 Å². The van der Waals surface area contributed by atoms with Gasteiger partial charge in [-0.3, -0.25) is 9.69 Å². The number of nitrogens with one attached hydrogen (secondary N) is 1. The van der Waals surface area contributed by atoms with Crippen molar-refractivity contribution in [2.45, 2.75) is 59.1 Å². The standard InChI is InChI=1S/C20H31N3O3S/c1-4-8-23(9-14(24)12-26-11-13(2)3)10-17-21-19(25)18-15-6-5-7-16(15)27-20(18)22-17/h13-14,24H,4-12H2,1-3H3,(H,21,22,25)/t14-/m1/s1. The molecule has 2 aromatic rings. The predicted molar refractivity (Wildman–Crippen MR) is 109 cm³/mol. The van der Waals surface area contributed by atoms with Crippen molar-refractivity contribution in [1.29, 1.82) is 0 Å². The van der Waals surface area contributed by atoms with Crippen LogP contribution >= 0.6 is 11.3 Å². The van der Waals surface area contributed by atoms with Crippen molar-refractivity contribution in [1.82, 2.24) is 14.9 Å². The molecule has 0 radical (unpaired) electrons. The summed E-state index contributed by atoms with van der Waals surface area (Å²) in [4.78, 5) is 24.6. The maximum Gasteiger partial charge on any atom is 0.259 e. The Morgan fingerprint density at radius 3 is 2.89 bits per heavy atom. The smallest absolute Gasteiger partial charge is 0.259 e. The number of rotatable bonds is 10. The Bertz CT molecular complexity index is 815. The molecule has 150 valence electrons. The van der Waals surface area contributed by atoms with Crippen molar-refractivity contribution >= 4 is 21.6 Å². The number of hydrogen-bond acceptors (Lipinski definition) is 6. The number of thiophene rings is 1. The van der Waals surface area contributed by atoms with Crippen LogP contribution in [0.3, 0.4) is 0 Å². The van der Waals surface area contributed by atoms with Gasteiger partial charge in [-0.05, 0) is 43.7 Å². The highest BCUT2D eigenvalue weighted by atomic mass is 32.1. The van der Waals surface area contributed by atoms with Crippen molar-refractivity contribution in [3.8, 4) is 0 Å². The quantitative estimate of drug-likeness (QED) is 0.649. The van der Waals surface area contributed by atoms with Crippen LogP contribution in [-0.4, -0.2) is 52.4 Å². The van der Waals surface area contributed by atoms with Crippen LogP contribution in [0.25, 0.3) is 10.2 Å². The third-order valence-corrected chi connectivity index (χ3v) is 5.95. The van der Waals surface area contributed by atoms with E-state index in [4.69, 9.17) is 9.72 Å². The Morgan fingerprint density at radius 1 is 1.33 bits per heavy atom. The summed E-state index contributed by atoms with van der Waals surface area (Å²) in [5.41, 5.74) is 1.19. The number of ether oxygens (including phenoxy) is 1. The highest BCUT2D eigenvalue weighted by Gasteiger charge is 2.21. The van der Waals surface area contributed by atoms with E-state index < -0.39 is 6.10 Å². The lowest BCUT2D eigenvalue weighted by Crippen LogP contribution is -2.36. The summed E-state index contributed by atoms with van der Waals surface area (Å²) >= 11 is 1.66. The molecule has 0 fully saturated rings. The van der Waals surface area contributed by atoms with Gasteiger partial charge >= 0.3 is 0 Å². The highest BCUT2D eigenvalue weighted by molar-refractivity contribution is 7.18. The number of fused-ring (bicyclic) bond motifs is 3. The number of aliphatic hydroxyl groups is 1. The molecule has 7 heteroatoms. The van der Waals surface area contributed by atoms with Gasteiger partial charge in [0.1, 0.15) is 10.7 Å². The molecule has 0 amide bonds. The summed E-state index contributed by atoms with van der Waals surface area (Å²) < 4.78 is 5.55. The molecule has 0 saturated heterocycles. The fraction of sp³-hybridized carbons (Fsp3) is 0.700. The molecule has 0 aromatic carbocycles.